The van der Waals surface area contributed by atoms with Crippen LogP contribution in [0.25, 0.3) is 0 Å². The van der Waals surface area contributed by atoms with Gasteiger partial charge >= 0.3 is 0 Å². The highest BCUT2D eigenvalue weighted by molar-refractivity contribution is 5.40. The molecule has 21 heavy (non-hydrogen) atoms. The smallest absolute Gasteiger partial charge is 0.293 e. The molecule has 5 heteroatoms. The topological polar surface area (TPSA) is 72.9 Å². The second-order valence-electron chi connectivity index (χ2n) is 5.75. The van der Waals surface area contributed by atoms with E-state index in [4.69, 9.17) is 5.73 Å². The summed E-state index contributed by atoms with van der Waals surface area (Å²) >= 11 is 0. The van der Waals surface area contributed by atoms with E-state index in [1.165, 1.54) is 0 Å². The average molecular weight is 284 g/mol. The van der Waals surface area contributed by atoms with Gasteiger partial charge in [-0.2, -0.15) is 0 Å². The molecule has 0 spiro atoms. The molecule has 0 aliphatic heterocycles. The number of hydrogen-bond acceptors (Lipinski definition) is 4. The monoisotopic (exact) mass is 284 g/mol. The van der Waals surface area contributed by atoms with Crippen molar-refractivity contribution in [3.8, 4) is 0 Å². The fraction of sp³-hybridized carbons (Fsp3) is 0.375. The minimum atomic E-state index is -0.518. The molecule has 1 saturated carbocycles. The van der Waals surface area contributed by atoms with Crippen molar-refractivity contribution in [2.75, 3.05) is 11.9 Å². The predicted molar refractivity (Wildman–Crippen MR) is 83.2 cm³/mol. The van der Waals surface area contributed by atoms with Gasteiger partial charge in [-0.1, -0.05) is 30.3 Å². The maximum Gasteiger partial charge on any atom is 0.293 e. The summed E-state index contributed by atoms with van der Waals surface area (Å²) in [6.07, 6.45) is 5.56. The minimum absolute atomic E-state index is 0.0735. The second-order valence-corrected chi connectivity index (χ2v) is 5.75. The van der Waals surface area contributed by atoms with E-state index in [1.54, 1.807) is 17.0 Å². The number of hydrogen-bond donors (Lipinski definition) is 2. The van der Waals surface area contributed by atoms with Crippen LogP contribution in [0.3, 0.4) is 0 Å². The molecule has 1 heterocycles. The molecule has 1 aromatic carbocycles. The van der Waals surface area contributed by atoms with Crippen LogP contribution in [-0.2, 0) is 5.54 Å². The molecule has 110 valence electrons. The van der Waals surface area contributed by atoms with Crippen molar-refractivity contribution in [2.24, 2.45) is 5.73 Å². The third kappa shape index (κ3) is 2.69. The number of nitrogens with zero attached hydrogens (tertiary/aromatic N) is 2. The van der Waals surface area contributed by atoms with Crippen LogP contribution in [0.15, 0.2) is 47.5 Å². The summed E-state index contributed by atoms with van der Waals surface area (Å²) in [5.41, 5.74) is 6.39. The van der Waals surface area contributed by atoms with Crippen LogP contribution in [0.5, 0.6) is 0 Å². The Morgan fingerprint density at radius 1 is 1.38 bits per heavy atom. The molecule has 1 aromatic heterocycles. The van der Waals surface area contributed by atoms with Gasteiger partial charge in [-0.05, 0) is 25.3 Å². The molecule has 0 saturated heterocycles. The van der Waals surface area contributed by atoms with Crippen LogP contribution in [-0.4, -0.2) is 16.1 Å². The Morgan fingerprint density at radius 3 is 2.71 bits per heavy atom. The van der Waals surface area contributed by atoms with Crippen molar-refractivity contribution in [1.29, 1.82) is 0 Å². The molecule has 0 bridgehead atoms. The number of anilines is 1. The Labute approximate surface area is 123 Å². The number of rotatable bonds is 5. The zero-order valence-corrected chi connectivity index (χ0v) is 12.1. The van der Waals surface area contributed by atoms with Crippen molar-refractivity contribution in [3.05, 3.63) is 58.6 Å². The van der Waals surface area contributed by atoms with Crippen molar-refractivity contribution in [3.63, 3.8) is 0 Å². The van der Waals surface area contributed by atoms with E-state index in [0.29, 0.717) is 18.4 Å². The molecule has 1 fully saturated rings. The Morgan fingerprint density at radius 2 is 2.10 bits per heavy atom. The first kappa shape index (κ1) is 13.8. The average Bonchev–Trinajstić information content (AvgIpc) is 3.35. The van der Waals surface area contributed by atoms with Crippen LogP contribution in [0.1, 0.15) is 31.4 Å². The maximum absolute atomic E-state index is 12.5. The van der Waals surface area contributed by atoms with Gasteiger partial charge in [0.1, 0.15) is 0 Å². The summed E-state index contributed by atoms with van der Waals surface area (Å²) in [7, 11) is 0. The normalized spacial score (nSPS) is 17.2. The van der Waals surface area contributed by atoms with Gasteiger partial charge in [-0.15, -0.1) is 0 Å². The van der Waals surface area contributed by atoms with E-state index >= 15 is 0 Å². The molecule has 2 aromatic rings. The van der Waals surface area contributed by atoms with Gasteiger partial charge in [0, 0.05) is 25.0 Å². The summed E-state index contributed by atoms with van der Waals surface area (Å²) in [4.78, 5) is 16.7. The highest BCUT2D eigenvalue weighted by Crippen LogP contribution is 2.33. The lowest BCUT2D eigenvalue weighted by Gasteiger charge is -2.30. The third-order valence-corrected chi connectivity index (χ3v) is 4.02. The molecule has 1 atom stereocenters. The molecule has 0 amide bonds. The third-order valence-electron chi connectivity index (χ3n) is 4.02. The van der Waals surface area contributed by atoms with Crippen LogP contribution in [0.4, 0.5) is 5.82 Å². The molecule has 1 unspecified atom stereocenters. The van der Waals surface area contributed by atoms with Crippen molar-refractivity contribution in [1.82, 2.24) is 9.55 Å². The number of nitrogens with one attached hydrogen (secondary N) is 1. The summed E-state index contributed by atoms with van der Waals surface area (Å²) in [5, 5.41) is 3.24. The molecule has 3 rings (SSSR count). The second kappa shape index (κ2) is 5.33. The molecule has 3 N–H and O–H groups in total. The van der Waals surface area contributed by atoms with E-state index in [2.05, 4.69) is 10.3 Å². The fourth-order valence-electron chi connectivity index (χ4n) is 2.46. The first-order valence-corrected chi connectivity index (χ1v) is 7.25. The lowest BCUT2D eigenvalue weighted by atomic mass is 9.92. The van der Waals surface area contributed by atoms with E-state index in [9.17, 15) is 4.79 Å². The van der Waals surface area contributed by atoms with Gasteiger partial charge in [-0.3, -0.25) is 4.79 Å². The molecule has 5 nitrogen and oxygen atoms in total. The van der Waals surface area contributed by atoms with Crippen LogP contribution < -0.4 is 16.6 Å². The maximum atomic E-state index is 12.5. The van der Waals surface area contributed by atoms with Crippen LogP contribution >= 0.6 is 0 Å². The Kier molecular flexibility index (Phi) is 3.51. The highest BCUT2D eigenvalue weighted by Gasteiger charge is 2.29. The largest absolute Gasteiger partial charge is 0.355 e. The van der Waals surface area contributed by atoms with Crippen LogP contribution in [0.2, 0.25) is 0 Å². The molecular formula is C16H20N4O. The highest BCUT2D eigenvalue weighted by atomic mass is 16.1. The lowest BCUT2D eigenvalue weighted by molar-refractivity contribution is 0.549. The molecule has 1 aliphatic rings. The van der Waals surface area contributed by atoms with Gasteiger partial charge in [0.2, 0.25) is 0 Å². The van der Waals surface area contributed by atoms with Gasteiger partial charge in [0.15, 0.2) is 5.82 Å². The summed E-state index contributed by atoms with van der Waals surface area (Å²) in [6.45, 7) is 2.36. The number of nitrogens with two attached hydrogens (primary N) is 1. The Balaban J connectivity index is 1.94. The standard InChI is InChI=1S/C16H20N4O/c1-16(11-17,12-5-3-2-4-6-12)19-14-15(21)20(10-9-18-14)13-7-8-13/h2-6,9-10,13H,7-8,11,17H2,1H3,(H,18,19). The quantitative estimate of drug-likeness (QED) is 0.879. The van der Waals surface area contributed by atoms with Gasteiger partial charge in [0.25, 0.3) is 5.56 Å². The predicted octanol–water partition coefficient (Wildman–Crippen LogP) is 1.86. The van der Waals surface area contributed by atoms with Crippen molar-refractivity contribution < 1.29 is 0 Å². The fourth-order valence-corrected chi connectivity index (χ4v) is 2.46. The SMILES string of the molecule is CC(CN)(Nc1nccn(C2CC2)c1=O)c1ccccc1. The summed E-state index contributed by atoms with van der Waals surface area (Å²) in [6, 6.07) is 10.2. The number of aromatic nitrogens is 2. The Bertz CT molecular complexity index is 678. The van der Waals surface area contributed by atoms with Gasteiger partial charge in [-0.25, -0.2) is 4.98 Å². The molecule has 1 aliphatic carbocycles. The van der Waals surface area contributed by atoms with E-state index in [0.717, 1.165) is 18.4 Å². The summed E-state index contributed by atoms with van der Waals surface area (Å²) < 4.78 is 1.76. The van der Waals surface area contributed by atoms with Crippen LogP contribution in [0, 0.1) is 0 Å². The molecular weight excluding hydrogens is 264 g/mol. The van der Waals surface area contributed by atoms with E-state index in [-0.39, 0.29) is 5.56 Å². The van der Waals surface area contributed by atoms with Gasteiger partial charge in [0.05, 0.1) is 5.54 Å². The van der Waals surface area contributed by atoms with Gasteiger partial charge < -0.3 is 15.6 Å². The number of benzene rings is 1. The van der Waals surface area contributed by atoms with Crippen molar-refractivity contribution in [2.45, 2.75) is 31.3 Å². The first-order chi connectivity index (χ1) is 10.1. The first-order valence-electron chi connectivity index (χ1n) is 7.25. The lowest BCUT2D eigenvalue weighted by Crippen LogP contribution is -2.42. The summed E-state index contributed by atoms with van der Waals surface area (Å²) in [5.74, 6) is 0.362. The minimum Gasteiger partial charge on any atom is -0.355 e. The zero-order chi connectivity index (χ0) is 14.9. The van der Waals surface area contributed by atoms with Crippen molar-refractivity contribution >= 4 is 5.82 Å². The van der Waals surface area contributed by atoms with E-state index < -0.39 is 5.54 Å². The Hall–Kier alpha value is -2.14. The van der Waals surface area contributed by atoms with E-state index in [1.807, 2.05) is 37.3 Å². The zero-order valence-electron chi connectivity index (χ0n) is 12.1. The molecule has 0 radical (unpaired) electrons.